The summed E-state index contributed by atoms with van der Waals surface area (Å²) in [6.07, 6.45) is 3.58. The van der Waals surface area contributed by atoms with Crippen molar-refractivity contribution >= 4 is 0 Å². The molecule has 0 fully saturated rings. The largest absolute Gasteiger partial charge is 0.0622 e. The summed E-state index contributed by atoms with van der Waals surface area (Å²) in [6, 6.07) is 19.6. The molecule has 0 aliphatic heterocycles. The zero-order chi connectivity index (χ0) is 11.2. The minimum atomic E-state index is 0. The Bertz CT molecular complexity index is 417. The molecule has 0 bridgehead atoms. The molecule has 0 saturated heterocycles. The first-order valence-electron chi connectivity index (χ1n) is 5.94. The second-order valence-corrected chi connectivity index (χ2v) is 4.32. The van der Waals surface area contributed by atoms with E-state index in [2.05, 4.69) is 61.5 Å². The maximum atomic E-state index is 2.24. The maximum Gasteiger partial charge on any atom is 0 e. The third kappa shape index (κ3) is 3.23. The van der Waals surface area contributed by atoms with Crippen LogP contribution >= 0.6 is 0 Å². The van der Waals surface area contributed by atoms with Gasteiger partial charge in [0.1, 0.15) is 0 Å². The van der Waals surface area contributed by atoms with E-state index < -0.39 is 0 Å². The van der Waals surface area contributed by atoms with Crippen LogP contribution in [-0.4, -0.2) is 0 Å². The molecule has 2 aromatic carbocycles. The standard InChI is InChI=1S/C16H18.H2/c1-14-10-12-16(13-11-14)9-5-8-15-6-3-2-4-7-15;/h2-4,6-7,10-13H,5,8-9H2,1H3;1H. The third-order valence-corrected chi connectivity index (χ3v) is 2.89. The van der Waals surface area contributed by atoms with E-state index in [4.69, 9.17) is 0 Å². The highest BCUT2D eigenvalue weighted by Crippen LogP contribution is 2.09. The SMILES string of the molecule is Cc1ccc(CCCc2ccccc2)cc1.[HH]. The van der Waals surface area contributed by atoms with Crippen LogP contribution in [0.15, 0.2) is 54.6 Å². The lowest BCUT2D eigenvalue weighted by molar-refractivity contribution is 0.820. The normalized spacial score (nSPS) is 10.3. The van der Waals surface area contributed by atoms with E-state index >= 15 is 0 Å². The summed E-state index contributed by atoms with van der Waals surface area (Å²) < 4.78 is 0. The van der Waals surface area contributed by atoms with Gasteiger partial charge in [-0.1, -0.05) is 60.2 Å². The Labute approximate surface area is 99.4 Å². The Kier molecular flexibility index (Phi) is 3.76. The molecule has 0 aromatic heterocycles. The van der Waals surface area contributed by atoms with Crippen molar-refractivity contribution in [1.29, 1.82) is 0 Å². The molecule has 84 valence electrons. The van der Waals surface area contributed by atoms with E-state index in [1.54, 1.807) is 0 Å². The number of rotatable bonds is 4. The molecule has 0 spiro atoms. The molecular weight excluding hydrogens is 192 g/mol. The summed E-state index contributed by atoms with van der Waals surface area (Å²) >= 11 is 0. The van der Waals surface area contributed by atoms with Gasteiger partial charge in [0.15, 0.2) is 0 Å². The van der Waals surface area contributed by atoms with Gasteiger partial charge in [-0.3, -0.25) is 0 Å². The Morgan fingerprint density at radius 3 is 1.94 bits per heavy atom. The van der Waals surface area contributed by atoms with Crippen LogP contribution in [0.1, 0.15) is 24.5 Å². The Morgan fingerprint density at radius 1 is 0.750 bits per heavy atom. The minimum Gasteiger partial charge on any atom is -0.0622 e. The number of hydrogen-bond acceptors (Lipinski definition) is 0. The average molecular weight is 212 g/mol. The van der Waals surface area contributed by atoms with Gasteiger partial charge in [-0.25, -0.2) is 0 Å². The van der Waals surface area contributed by atoms with Crippen molar-refractivity contribution < 1.29 is 1.43 Å². The van der Waals surface area contributed by atoms with Crippen LogP contribution < -0.4 is 0 Å². The lowest BCUT2D eigenvalue weighted by Crippen LogP contribution is -1.89. The molecule has 2 rings (SSSR count). The quantitative estimate of drug-likeness (QED) is 0.704. The van der Waals surface area contributed by atoms with Gasteiger partial charge in [0.25, 0.3) is 0 Å². The molecule has 0 heteroatoms. The highest BCUT2D eigenvalue weighted by Gasteiger charge is 1.94. The van der Waals surface area contributed by atoms with Crippen LogP contribution in [0.2, 0.25) is 0 Å². The van der Waals surface area contributed by atoms with E-state index in [0.717, 1.165) is 0 Å². The third-order valence-electron chi connectivity index (χ3n) is 2.89. The van der Waals surface area contributed by atoms with Crippen molar-refractivity contribution in [2.75, 3.05) is 0 Å². The molecule has 0 heterocycles. The van der Waals surface area contributed by atoms with Gasteiger partial charge in [0.2, 0.25) is 0 Å². The summed E-state index contributed by atoms with van der Waals surface area (Å²) in [5.41, 5.74) is 4.22. The van der Waals surface area contributed by atoms with Crippen LogP contribution in [0, 0.1) is 6.92 Å². The monoisotopic (exact) mass is 212 g/mol. The van der Waals surface area contributed by atoms with Gasteiger partial charge >= 0.3 is 0 Å². The molecule has 0 nitrogen and oxygen atoms in total. The smallest absolute Gasteiger partial charge is 0 e. The predicted octanol–water partition coefficient (Wildman–Crippen LogP) is 4.42. The molecule has 0 atom stereocenters. The van der Waals surface area contributed by atoms with Crippen LogP contribution in [0.5, 0.6) is 0 Å². The fourth-order valence-corrected chi connectivity index (χ4v) is 1.90. The first-order chi connectivity index (χ1) is 7.84. The van der Waals surface area contributed by atoms with Gasteiger partial charge in [0.05, 0.1) is 0 Å². The zero-order valence-corrected chi connectivity index (χ0v) is 9.82. The lowest BCUT2D eigenvalue weighted by atomic mass is 10.0. The maximum absolute atomic E-state index is 2.24. The van der Waals surface area contributed by atoms with E-state index in [-0.39, 0.29) is 1.43 Å². The molecule has 0 N–H and O–H groups in total. The average Bonchev–Trinajstić information content (AvgIpc) is 2.33. The van der Waals surface area contributed by atoms with Crippen LogP contribution in [-0.2, 0) is 12.8 Å². The molecule has 16 heavy (non-hydrogen) atoms. The highest BCUT2D eigenvalue weighted by molar-refractivity contribution is 5.21. The molecule has 0 aliphatic rings. The first kappa shape index (κ1) is 10.9. The topological polar surface area (TPSA) is 0 Å². The van der Waals surface area contributed by atoms with Gasteiger partial charge in [-0.2, -0.15) is 0 Å². The summed E-state index contributed by atoms with van der Waals surface area (Å²) in [5, 5.41) is 0. The molecule has 0 amide bonds. The Hall–Kier alpha value is -1.56. The lowest BCUT2D eigenvalue weighted by Gasteiger charge is -2.02. The van der Waals surface area contributed by atoms with Crippen LogP contribution in [0.25, 0.3) is 0 Å². The van der Waals surface area contributed by atoms with Crippen molar-refractivity contribution in [1.82, 2.24) is 0 Å². The van der Waals surface area contributed by atoms with Crippen LogP contribution in [0.3, 0.4) is 0 Å². The molecule has 2 aromatic rings. The van der Waals surface area contributed by atoms with E-state index in [9.17, 15) is 0 Å². The minimum absolute atomic E-state index is 0. The second kappa shape index (κ2) is 5.50. The van der Waals surface area contributed by atoms with Gasteiger partial charge in [-0.05, 0) is 37.3 Å². The van der Waals surface area contributed by atoms with E-state index in [1.807, 2.05) is 0 Å². The highest BCUT2D eigenvalue weighted by atomic mass is 14.0. The van der Waals surface area contributed by atoms with Crippen LogP contribution in [0.4, 0.5) is 0 Å². The van der Waals surface area contributed by atoms with Crippen molar-refractivity contribution in [2.24, 2.45) is 0 Å². The molecule has 0 saturated carbocycles. The fraction of sp³-hybridized carbons (Fsp3) is 0.250. The van der Waals surface area contributed by atoms with Crippen molar-refractivity contribution in [2.45, 2.75) is 26.2 Å². The summed E-state index contributed by atoms with van der Waals surface area (Å²) in [4.78, 5) is 0. The van der Waals surface area contributed by atoms with Crippen molar-refractivity contribution in [3.8, 4) is 0 Å². The molecule has 0 unspecified atom stereocenters. The molecule has 0 aliphatic carbocycles. The van der Waals surface area contributed by atoms with Crippen molar-refractivity contribution in [3.05, 3.63) is 71.3 Å². The molecular formula is C16H20. The Balaban J connectivity index is 0.00000144. The number of hydrogen-bond donors (Lipinski definition) is 0. The fourth-order valence-electron chi connectivity index (χ4n) is 1.90. The summed E-state index contributed by atoms with van der Waals surface area (Å²) in [7, 11) is 0. The zero-order valence-electron chi connectivity index (χ0n) is 9.82. The Morgan fingerprint density at radius 2 is 1.31 bits per heavy atom. The predicted molar refractivity (Wildman–Crippen MR) is 71.8 cm³/mol. The number of benzene rings is 2. The summed E-state index contributed by atoms with van der Waals surface area (Å²) in [5.74, 6) is 0. The second-order valence-electron chi connectivity index (χ2n) is 4.32. The first-order valence-corrected chi connectivity index (χ1v) is 5.94. The van der Waals surface area contributed by atoms with Gasteiger partial charge in [-0.15, -0.1) is 0 Å². The molecule has 0 radical (unpaired) electrons. The van der Waals surface area contributed by atoms with Crippen molar-refractivity contribution in [3.63, 3.8) is 0 Å². The summed E-state index contributed by atoms with van der Waals surface area (Å²) in [6.45, 7) is 2.13. The van der Waals surface area contributed by atoms with E-state index in [0.29, 0.717) is 0 Å². The van der Waals surface area contributed by atoms with Gasteiger partial charge in [0, 0.05) is 1.43 Å². The van der Waals surface area contributed by atoms with Gasteiger partial charge < -0.3 is 0 Å². The number of aryl methyl sites for hydroxylation is 3. The van der Waals surface area contributed by atoms with E-state index in [1.165, 1.54) is 36.0 Å².